The van der Waals surface area contributed by atoms with Crippen LogP contribution in [0.5, 0.6) is 0 Å². The van der Waals surface area contributed by atoms with E-state index in [4.69, 9.17) is 11.6 Å². The maximum absolute atomic E-state index is 11.7. The van der Waals surface area contributed by atoms with E-state index < -0.39 is 0 Å². The van der Waals surface area contributed by atoms with Crippen LogP contribution in [0.2, 0.25) is 5.02 Å². The first-order valence-electron chi connectivity index (χ1n) is 6.13. The van der Waals surface area contributed by atoms with Crippen LogP contribution in [-0.2, 0) is 6.42 Å². The van der Waals surface area contributed by atoms with Crippen LogP contribution in [0.25, 0.3) is 10.9 Å². The maximum atomic E-state index is 11.7. The molecule has 0 atom stereocenters. The molecular formula is C13H12ClN5O. The average Bonchev–Trinajstić information content (AvgIpc) is 3.08. The van der Waals surface area contributed by atoms with Gasteiger partial charge in [0.1, 0.15) is 0 Å². The zero-order valence-electron chi connectivity index (χ0n) is 10.5. The van der Waals surface area contributed by atoms with Crippen LogP contribution in [0.4, 0.5) is 0 Å². The summed E-state index contributed by atoms with van der Waals surface area (Å²) in [5, 5.41) is 14.3. The maximum Gasteiger partial charge on any atom is 0.273 e. The van der Waals surface area contributed by atoms with Gasteiger partial charge in [-0.15, -0.1) is 0 Å². The summed E-state index contributed by atoms with van der Waals surface area (Å²) in [6, 6.07) is 5.70. The zero-order valence-corrected chi connectivity index (χ0v) is 11.2. The fraction of sp³-hybridized carbons (Fsp3) is 0.154. The highest BCUT2D eigenvalue weighted by Gasteiger charge is 2.09. The van der Waals surface area contributed by atoms with E-state index in [1.54, 1.807) is 0 Å². The van der Waals surface area contributed by atoms with Crippen molar-refractivity contribution in [1.29, 1.82) is 0 Å². The van der Waals surface area contributed by atoms with Crippen molar-refractivity contribution < 1.29 is 4.79 Å². The quantitative estimate of drug-likeness (QED) is 0.686. The third-order valence-corrected chi connectivity index (χ3v) is 3.29. The van der Waals surface area contributed by atoms with E-state index in [1.165, 1.54) is 6.20 Å². The summed E-state index contributed by atoms with van der Waals surface area (Å²) in [5.74, 6) is -0.239. The van der Waals surface area contributed by atoms with Crippen molar-refractivity contribution in [2.45, 2.75) is 6.42 Å². The molecular weight excluding hydrogens is 278 g/mol. The number of carbonyl (C=O) groups excluding carboxylic acids is 1. The normalized spacial score (nSPS) is 10.8. The van der Waals surface area contributed by atoms with Gasteiger partial charge in [-0.3, -0.25) is 4.79 Å². The summed E-state index contributed by atoms with van der Waals surface area (Å²) in [6.45, 7) is 0.519. The van der Waals surface area contributed by atoms with E-state index in [0.29, 0.717) is 18.0 Å². The van der Waals surface area contributed by atoms with Crippen LogP contribution in [0, 0.1) is 0 Å². The lowest BCUT2D eigenvalue weighted by molar-refractivity contribution is 0.0949. The molecule has 3 rings (SSSR count). The number of rotatable bonds is 4. The van der Waals surface area contributed by atoms with E-state index in [1.807, 2.05) is 24.4 Å². The summed E-state index contributed by atoms with van der Waals surface area (Å²) in [7, 11) is 0. The lowest BCUT2D eigenvalue weighted by Crippen LogP contribution is -2.25. The van der Waals surface area contributed by atoms with Crippen molar-refractivity contribution in [3.63, 3.8) is 0 Å². The number of fused-ring (bicyclic) bond motifs is 1. The van der Waals surface area contributed by atoms with Crippen molar-refractivity contribution in [2.24, 2.45) is 0 Å². The number of H-pyrrole nitrogens is 2. The van der Waals surface area contributed by atoms with Crippen LogP contribution < -0.4 is 5.32 Å². The molecule has 3 aromatic rings. The monoisotopic (exact) mass is 289 g/mol. The van der Waals surface area contributed by atoms with Gasteiger partial charge in [0.05, 0.1) is 6.20 Å². The highest BCUT2D eigenvalue weighted by atomic mass is 35.5. The Morgan fingerprint density at radius 3 is 3.10 bits per heavy atom. The van der Waals surface area contributed by atoms with Gasteiger partial charge in [-0.05, 0) is 30.2 Å². The molecule has 0 unspecified atom stereocenters. The molecule has 0 bridgehead atoms. The summed E-state index contributed by atoms with van der Waals surface area (Å²) in [6.07, 6.45) is 4.04. The number of carbonyl (C=O) groups is 1. The molecule has 0 saturated carbocycles. The highest BCUT2D eigenvalue weighted by Crippen LogP contribution is 2.22. The van der Waals surface area contributed by atoms with Gasteiger partial charge in [-0.25, -0.2) is 0 Å². The predicted molar refractivity (Wildman–Crippen MR) is 75.7 cm³/mol. The number of hydrogen-bond donors (Lipinski definition) is 3. The number of hydrogen-bond acceptors (Lipinski definition) is 3. The minimum atomic E-state index is -0.239. The Morgan fingerprint density at radius 2 is 2.30 bits per heavy atom. The molecule has 2 heterocycles. The molecule has 2 aromatic heterocycles. The Bertz CT molecular complexity index is 734. The van der Waals surface area contributed by atoms with Gasteiger partial charge in [0.25, 0.3) is 5.91 Å². The second kappa shape index (κ2) is 5.34. The van der Waals surface area contributed by atoms with E-state index >= 15 is 0 Å². The fourth-order valence-electron chi connectivity index (χ4n) is 2.07. The molecule has 7 heteroatoms. The third-order valence-electron chi connectivity index (χ3n) is 3.06. The van der Waals surface area contributed by atoms with E-state index in [-0.39, 0.29) is 11.6 Å². The Labute approximate surface area is 119 Å². The fourth-order valence-corrected chi connectivity index (χ4v) is 2.24. The number of aromatic amines is 2. The number of nitrogens with one attached hydrogen (secondary N) is 3. The van der Waals surface area contributed by atoms with Crippen LogP contribution in [0.1, 0.15) is 16.1 Å². The van der Waals surface area contributed by atoms with E-state index in [9.17, 15) is 4.79 Å². The summed E-state index contributed by atoms with van der Waals surface area (Å²) < 4.78 is 0. The second-order valence-electron chi connectivity index (χ2n) is 4.36. The molecule has 0 spiro atoms. The van der Waals surface area contributed by atoms with Gasteiger partial charge in [0, 0.05) is 28.7 Å². The molecule has 20 heavy (non-hydrogen) atoms. The number of benzene rings is 1. The lowest BCUT2D eigenvalue weighted by atomic mass is 10.1. The molecule has 0 saturated heterocycles. The summed E-state index contributed by atoms with van der Waals surface area (Å²) >= 11 is 6.00. The van der Waals surface area contributed by atoms with Crippen LogP contribution >= 0.6 is 11.6 Å². The zero-order chi connectivity index (χ0) is 13.9. The van der Waals surface area contributed by atoms with Gasteiger partial charge < -0.3 is 10.3 Å². The SMILES string of the molecule is O=C(NCCc1c[nH]c2ccc(Cl)cc12)c1cn[nH]n1. The summed E-state index contributed by atoms with van der Waals surface area (Å²) in [5.41, 5.74) is 2.43. The standard InChI is InChI=1S/C13H12ClN5O/c14-9-1-2-11-10(5-9)8(6-16-11)3-4-15-13(20)12-7-17-19-18-12/h1-2,5-7,16H,3-4H2,(H,15,20)(H,17,18,19). The molecule has 0 aliphatic heterocycles. The lowest BCUT2D eigenvalue weighted by Gasteiger charge is -2.02. The Balaban J connectivity index is 1.65. The minimum Gasteiger partial charge on any atom is -0.361 e. The largest absolute Gasteiger partial charge is 0.361 e. The van der Waals surface area contributed by atoms with Gasteiger partial charge in [0.2, 0.25) is 0 Å². The molecule has 0 fully saturated rings. The van der Waals surface area contributed by atoms with E-state index in [2.05, 4.69) is 25.7 Å². The first kappa shape index (κ1) is 12.7. The van der Waals surface area contributed by atoms with Gasteiger partial charge in [-0.1, -0.05) is 11.6 Å². The Morgan fingerprint density at radius 1 is 1.40 bits per heavy atom. The van der Waals surface area contributed by atoms with Gasteiger partial charge >= 0.3 is 0 Å². The van der Waals surface area contributed by atoms with Crippen LogP contribution in [-0.4, -0.2) is 32.8 Å². The molecule has 0 aliphatic rings. The third kappa shape index (κ3) is 2.50. The molecule has 0 aliphatic carbocycles. The van der Waals surface area contributed by atoms with Crippen LogP contribution in [0.15, 0.2) is 30.6 Å². The molecule has 0 radical (unpaired) electrons. The topological polar surface area (TPSA) is 86.5 Å². The molecule has 102 valence electrons. The minimum absolute atomic E-state index is 0.239. The molecule has 6 nitrogen and oxygen atoms in total. The van der Waals surface area contributed by atoms with Crippen molar-refractivity contribution in [3.05, 3.63) is 46.9 Å². The second-order valence-corrected chi connectivity index (χ2v) is 4.80. The van der Waals surface area contributed by atoms with E-state index in [0.717, 1.165) is 16.5 Å². The number of aromatic nitrogens is 4. The van der Waals surface area contributed by atoms with Crippen molar-refractivity contribution in [2.75, 3.05) is 6.54 Å². The molecule has 3 N–H and O–H groups in total. The van der Waals surface area contributed by atoms with Crippen molar-refractivity contribution >= 4 is 28.4 Å². The first-order valence-corrected chi connectivity index (χ1v) is 6.51. The highest BCUT2D eigenvalue weighted by molar-refractivity contribution is 6.31. The molecule has 1 aromatic carbocycles. The summed E-state index contributed by atoms with van der Waals surface area (Å²) in [4.78, 5) is 14.9. The average molecular weight is 290 g/mol. The smallest absolute Gasteiger partial charge is 0.273 e. The van der Waals surface area contributed by atoms with Crippen LogP contribution in [0.3, 0.4) is 0 Å². The van der Waals surface area contributed by atoms with Crippen molar-refractivity contribution in [1.82, 2.24) is 25.7 Å². The van der Waals surface area contributed by atoms with Crippen molar-refractivity contribution in [3.8, 4) is 0 Å². The number of amides is 1. The predicted octanol–water partition coefficient (Wildman–Crippen LogP) is 1.91. The Hall–Kier alpha value is -2.34. The Kier molecular flexibility index (Phi) is 3.39. The first-order chi connectivity index (χ1) is 9.74. The number of halogens is 1. The number of nitrogens with zero attached hydrogens (tertiary/aromatic N) is 2. The molecule has 1 amide bonds. The van der Waals surface area contributed by atoms with Gasteiger partial charge in [0.15, 0.2) is 5.69 Å². The van der Waals surface area contributed by atoms with Gasteiger partial charge in [-0.2, -0.15) is 15.4 Å².